The van der Waals surface area contributed by atoms with E-state index in [0.29, 0.717) is 19.4 Å². The Bertz CT molecular complexity index is 1240. The maximum absolute atomic E-state index is 12.8. The Kier molecular flexibility index (Phi) is 5.31. The first kappa shape index (κ1) is 21.7. The van der Waals surface area contributed by atoms with Crippen molar-refractivity contribution in [2.75, 3.05) is 18.5 Å². The largest absolute Gasteiger partial charge is 0.480 e. The molecule has 1 fully saturated rings. The van der Waals surface area contributed by atoms with Crippen LogP contribution in [0.15, 0.2) is 59.1 Å². The van der Waals surface area contributed by atoms with Gasteiger partial charge in [0.1, 0.15) is 12.1 Å². The molecule has 0 bridgehead atoms. The van der Waals surface area contributed by atoms with Gasteiger partial charge in [-0.05, 0) is 42.0 Å². The van der Waals surface area contributed by atoms with Gasteiger partial charge in [0.25, 0.3) is 5.91 Å². The first-order valence-corrected chi connectivity index (χ1v) is 11.0. The van der Waals surface area contributed by atoms with Crippen molar-refractivity contribution < 1.29 is 28.8 Å². The van der Waals surface area contributed by atoms with Crippen LogP contribution in [0.2, 0.25) is 0 Å². The Morgan fingerprint density at radius 1 is 1.15 bits per heavy atom. The Morgan fingerprint density at radius 2 is 1.79 bits per heavy atom. The SMILES string of the molecule is CC1(C(=O)O)CCCN1C(=O)c1cc(NC(=O)OCC2c3ccccc3-c3ccccc32)on1. The fourth-order valence-electron chi connectivity index (χ4n) is 4.82. The minimum atomic E-state index is -1.30. The fraction of sp³-hybridized carbons (Fsp3) is 0.280. The van der Waals surface area contributed by atoms with Gasteiger partial charge in [-0.2, -0.15) is 0 Å². The summed E-state index contributed by atoms with van der Waals surface area (Å²) in [5, 5.41) is 15.7. The van der Waals surface area contributed by atoms with Gasteiger partial charge in [0.05, 0.1) is 0 Å². The molecule has 1 aromatic heterocycles. The number of nitrogens with one attached hydrogen (secondary N) is 1. The number of hydrogen-bond acceptors (Lipinski definition) is 6. The summed E-state index contributed by atoms with van der Waals surface area (Å²) in [5.74, 6) is -1.78. The maximum Gasteiger partial charge on any atom is 0.414 e. The molecule has 1 atom stereocenters. The average molecular weight is 461 g/mol. The number of carbonyl (C=O) groups excluding carboxylic acids is 2. The molecule has 9 nitrogen and oxygen atoms in total. The van der Waals surface area contributed by atoms with Gasteiger partial charge in [-0.3, -0.25) is 10.1 Å². The number of anilines is 1. The van der Waals surface area contributed by atoms with Crippen molar-refractivity contribution in [1.82, 2.24) is 10.1 Å². The van der Waals surface area contributed by atoms with E-state index in [9.17, 15) is 19.5 Å². The number of likely N-dealkylation sites (tertiary alicyclic amines) is 1. The van der Waals surface area contributed by atoms with E-state index in [1.807, 2.05) is 36.4 Å². The second-order valence-corrected chi connectivity index (χ2v) is 8.67. The van der Waals surface area contributed by atoms with Crippen LogP contribution in [0, 0.1) is 0 Å². The molecule has 0 radical (unpaired) electrons. The van der Waals surface area contributed by atoms with Crippen molar-refractivity contribution in [3.05, 3.63) is 71.4 Å². The molecule has 2 aliphatic rings. The summed E-state index contributed by atoms with van der Waals surface area (Å²) in [7, 11) is 0. The zero-order chi connectivity index (χ0) is 23.9. The van der Waals surface area contributed by atoms with Crippen LogP contribution in [0.5, 0.6) is 0 Å². The number of rotatable bonds is 5. The lowest BCUT2D eigenvalue weighted by Gasteiger charge is -2.30. The first-order valence-electron chi connectivity index (χ1n) is 11.0. The van der Waals surface area contributed by atoms with Crippen LogP contribution in [0.3, 0.4) is 0 Å². The van der Waals surface area contributed by atoms with Crippen molar-refractivity contribution in [1.29, 1.82) is 0 Å². The molecular weight excluding hydrogens is 438 g/mol. The minimum Gasteiger partial charge on any atom is -0.480 e. The van der Waals surface area contributed by atoms with Crippen LogP contribution in [0.1, 0.15) is 47.3 Å². The quantitative estimate of drug-likeness (QED) is 0.586. The number of amides is 2. The van der Waals surface area contributed by atoms with E-state index in [-0.39, 0.29) is 24.1 Å². The summed E-state index contributed by atoms with van der Waals surface area (Å²) in [5.41, 5.74) is 3.06. The molecule has 34 heavy (non-hydrogen) atoms. The molecule has 1 aliphatic heterocycles. The monoisotopic (exact) mass is 461 g/mol. The van der Waals surface area contributed by atoms with E-state index >= 15 is 0 Å². The van der Waals surface area contributed by atoms with E-state index < -0.39 is 23.5 Å². The number of carboxylic acid groups (broad SMARTS) is 1. The summed E-state index contributed by atoms with van der Waals surface area (Å²) in [6.45, 7) is 1.95. The summed E-state index contributed by atoms with van der Waals surface area (Å²) in [4.78, 5) is 38.1. The first-order chi connectivity index (χ1) is 16.4. The summed E-state index contributed by atoms with van der Waals surface area (Å²) in [6.07, 6.45) is 0.196. The Labute approximate surface area is 195 Å². The average Bonchev–Trinajstić information content (AvgIpc) is 3.54. The summed E-state index contributed by atoms with van der Waals surface area (Å²) < 4.78 is 10.5. The third kappa shape index (κ3) is 3.59. The van der Waals surface area contributed by atoms with Gasteiger partial charge in [0.2, 0.25) is 5.88 Å². The van der Waals surface area contributed by atoms with Crippen molar-refractivity contribution in [3.63, 3.8) is 0 Å². The molecule has 2 N–H and O–H groups in total. The van der Waals surface area contributed by atoms with Gasteiger partial charge >= 0.3 is 12.1 Å². The van der Waals surface area contributed by atoms with Crippen molar-refractivity contribution >= 4 is 23.9 Å². The molecule has 9 heteroatoms. The maximum atomic E-state index is 12.8. The predicted octanol–water partition coefficient (Wildman–Crippen LogP) is 4.11. The molecule has 5 rings (SSSR count). The molecule has 0 saturated carbocycles. The second kappa shape index (κ2) is 8.33. The Balaban J connectivity index is 1.24. The summed E-state index contributed by atoms with van der Waals surface area (Å²) in [6, 6.07) is 17.3. The number of hydrogen-bond donors (Lipinski definition) is 2. The number of fused-ring (bicyclic) bond motifs is 3. The number of carboxylic acids is 1. The van der Waals surface area contributed by atoms with Crippen molar-refractivity contribution in [2.24, 2.45) is 0 Å². The smallest absolute Gasteiger partial charge is 0.414 e. The van der Waals surface area contributed by atoms with Gasteiger partial charge in [0, 0.05) is 18.5 Å². The van der Waals surface area contributed by atoms with Gasteiger partial charge in [-0.15, -0.1) is 0 Å². The highest BCUT2D eigenvalue weighted by atomic mass is 16.6. The molecule has 174 valence electrons. The van der Waals surface area contributed by atoms with Gasteiger partial charge < -0.3 is 19.3 Å². The molecule has 2 aromatic carbocycles. The van der Waals surface area contributed by atoms with E-state index in [1.54, 1.807) is 0 Å². The molecule has 1 unspecified atom stereocenters. The van der Waals surface area contributed by atoms with Crippen LogP contribution < -0.4 is 5.32 Å². The van der Waals surface area contributed by atoms with E-state index in [0.717, 1.165) is 22.3 Å². The van der Waals surface area contributed by atoms with E-state index in [1.165, 1.54) is 17.9 Å². The van der Waals surface area contributed by atoms with Crippen LogP contribution in [0.4, 0.5) is 10.7 Å². The van der Waals surface area contributed by atoms with Crippen LogP contribution in [-0.4, -0.2) is 51.8 Å². The normalized spacial score (nSPS) is 18.9. The number of aromatic nitrogens is 1. The van der Waals surface area contributed by atoms with E-state index in [4.69, 9.17) is 9.26 Å². The number of carbonyl (C=O) groups is 3. The lowest BCUT2D eigenvalue weighted by Crippen LogP contribution is -2.50. The topological polar surface area (TPSA) is 122 Å². The van der Waals surface area contributed by atoms with Crippen LogP contribution in [0.25, 0.3) is 11.1 Å². The zero-order valence-electron chi connectivity index (χ0n) is 18.5. The van der Waals surface area contributed by atoms with E-state index in [2.05, 4.69) is 22.6 Å². The minimum absolute atomic E-state index is 0.0585. The van der Waals surface area contributed by atoms with Gasteiger partial charge in [-0.1, -0.05) is 53.7 Å². The highest BCUT2D eigenvalue weighted by Gasteiger charge is 2.46. The molecular formula is C25H23N3O6. The number of ether oxygens (including phenoxy) is 1. The molecule has 0 spiro atoms. The molecule has 2 amide bonds. The van der Waals surface area contributed by atoms with Crippen molar-refractivity contribution in [3.8, 4) is 11.1 Å². The van der Waals surface area contributed by atoms with Gasteiger partial charge in [-0.25, -0.2) is 9.59 Å². The van der Waals surface area contributed by atoms with Crippen molar-refractivity contribution in [2.45, 2.75) is 31.2 Å². The highest BCUT2D eigenvalue weighted by molar-refractivity contribution is 5.97. The predicted molar refractivity (Wildman–Crippen MR) is 122 cm³/mol. The number of benzene rings is 2. The van der Waals surface area contributed by atoms with Crippen LogP contribution >= 0.6 is 0 Å². The molecule has 2 heterocycles. The lowest BCUT2D eigenvalue weighted by atomic mass is 9.98. The fourth-order valence-corrected chi connectivity index (χ4v) is 4.82. The Hall–Kier alpha value is -4.14. The Morgan fingerprint density at radius 3 is 2.44 bits per heavy atom. The van der Waals surface area contributed by atoms with Crippen LogP contribution in [-0.2, 0) is 9.53 Å². The number of nitrogens with zero attached hydrogens (tertiary/aromatic N) is 2. The lowest BCUT2D eigenvalue weighted by molar-refractivity contribution is -0.147. The highest BCUT2D eigenvalue weighted by Crippen LogP contribution is 2.44. The standard InChI is InChI=1S/C25H23N3O6/c1-25(23(30)31)11-6-12-28(25)22(29)20-13-21(34-27-20)26-24(32)33-14-19-17-9-4-2-7-15(17)16-8-3-5-10-18(16)19/h2-5,7-10,13,19H,6,11-12,14H2,1H3,(H,26,32)(H,30,31). The third-order valence-corrected chi connectivity index (χ3v) is 6.65. The molecule has 1 aliphatic carbocycles. The second-order valence-electron chi connectivity index (χ2n) is 8.67. The molecule has 3 aromatic rings. The number of aliphatic carboxylic acids is 1. The zero-order valence-corrected chi connectivity index (χ0v) is 18.5. The molecule has 1 saturated heterocycles. The van der Waals surface area contributed by atoms with Gasteiger partial charge in [0.15, 0.2) is 5.69 Å². The third-order valence-electron chi connectivity index (χ3n) is 6.65. The summed E-state index contributed by atoms with van der Waals surface area (Å²) >= 11 is 0.